The summed E-state index contributed by atoms with van der Waals surface area (Å²) in [6.45, 7) is 0. The van der Waals surface area contributed by atoms with Crippen LogP contribution < -0.4 is 0 Å². The molecule has 1 aliphatic heterocycles. The van der Waals surface area contributed by atoms with Crippen LogP contribution in [0.15, 0.2) is 41.5 Å². The van der Waals surface area contributed by atoms with Crippen LogP contribution in [0.2, 0.25) is 0 Å². The second-order valence-electron chi connectivity index (χ2n) is 6.10. The van der Waals surface area contributed by atoms with Gasteiger partial charge in [0.25, 0.3) is 11.8 Å². The fourth-order valence-corrected chi connectivity index (χ4v) is 4.40. The molecule has 4 aliphatic rings. The second kappa shape index (κ2) is 5.30. The van der Waals surface area contributed by atoms with Gasteiger partial charge in [0.1, 0.15) is 0 Å². The van der Waals surface area contributed by atoms with Crippen LogP contribution in [0.3, 0.4) is 0 Å². The molecule has 3 aliphatic carbocycles. The normalized spacial score (nSPS) is 33.0. The lowest BCUT2D eigenvalue weighted by Crippen LogP contribution is -2.38. The smallest absolute Gasteiger partial charge is 0.254 e. The molecule has 5 rings (SSSR count). The number of allylic oxidation sites excluding steroid dienone is 2. The highest BCUT2D eigenvalue weighted by molar-refractivity contribution is 14.1. The summed E-state index contributed by atoms with van der Waals surface area (Å²) in [7, 11) is 0. The lowest BCUT2D eigenvalue weighted by atomic mass is 9.63. The first-order valence-corrected chi connectivity index (χ1v) is 8.59. The molecule has 112 valence electrons. The first kappa shape index (κ1) is 14.1. The standard InChI is InChI=1S/C17H15IN2O2/c18-13-4-2-1-3-12(13)9-19-20-16(21)14-10-5-6-11(8-7-10)15(14)17(20)22/h1-6,9-11,14-15H,7-8H2/b19-9-/t10-,11-,14+,15+/m1/s1. The van der Waals surface area contributed by atoms with Crippen molar-refractivity contribution in [3.8, 4) is 0 Å². The van der Waals surface area contributed by atoms with E-state index in [4.69, 9.17) is 0 Å². The SMILES string of the molecule is O=C1[C@@H]2[C@@H](C(=O)N1/N=C\c1ccccc1I)[C@@H]1C=C[C@@H]2CC1. The Balaban J connectivity index is 1.63. The fourth-order valence-electron chi connectivity index (χ4n) is 3.87. The molecule has 4 atom stereocenters. The Kier molecular flexibility index (Phi) is 3.40. The quantitative estimate of drug-likeness (QED) is 0.328. The molecule has 1 saturated heterocycles. The summed E-state index contributed by atoms with van der Waals surface area (Å²) in [6.07, 6.45) is 7.87. The van der Waals surface area contributed by atoms with E-state index in [2.05, 4.69) is 39.8 Å². The topological polar surface area (TPSA) is 49.7 Å². The van der Waals surface area contributed by atoms with Gasteiger partial charge in [0.2, 0.25) is 0 Å². The van der Waals surface area contributed by atoms with Crippen molar-refractivity contribution in [3.63, 3.8) is 0 Å². The van der Waals surface area contributed by atoms with Crippen LogP contribution in [-0.4, -0.2) is 23.0 Å². The lowest BCUT2D eigenvalue weighted by Gasteiger charge is -2.37. The summed E-state index contributed by atoms with van der Waals surface area (Å²) in [5.41, 5.74) is 0.916. The number of hydrogen-bond donors (Lipinski definition) is 0. The Bertz CT molecular complexity index is 680. The van der Waals surface area contributed by atoms with E-state index in [9.17, 15) is 9.59 Å². The van der Waals surface area contributed by atoms with Crippen LogP contribution >= 0.6 is 22.6 Å². The van der Waals surface area contributed by atoms with E-state index in [-0.39, 0.29) is 35.5 Å². The molecular weight excluding hydrogens is 391 g/mol. The predicted molar refractivity (Wildman–Crippen MR) is 90.9 cm³/mol. The largest absolute Gasteiger partial charge is 0.272 e. The Morgan fingerprint density at radius 1 is 1.05 bits per heavy atom. The Hall–Kier alpha value is -1.50. The number of fused-ring (bicyclic) bond motifs is 1. The number of imide groups is 1. The van der Waals surface area contributed by atoms with Gasteiger partial charge in [-0.2, -0.15) is 10.1 Å². The number of benzene rings is 1. The van der Waals surface area contributed by atoms with E-state index in [1.807, 2.05) is 24.3 Å². The average molecular weight is 406 g/mol. The van der Waals surface area contributed by atoms with Gasteiger partial charge >= 0.3 is 0 Å². The fraction of sp³-hybridized carbons (Fsp3) is 0.353. The van der Waals surface area contributed by atoms with Crippen molar-refractivity contribution >= 4 is 40.6 Å². The maximum Gasteiger partial charge on any atom is 0.254 e. The average Bonchev–Trinajstić information content (AvgIpc) is 2.82. The van der Waals surface area contributed by atoms with E-state index in [1.54, 1.807) is 6.21 Å². The zero-order chi connectivity index (χ0) is 15.3. The van der Waals surface area contributed by atoms with E-state index in [0.29, 0.717) is 0 Å². The number of nitrogens with zero attached hydrogens (tertiary/aromatic N) is 2. The molecule has 0 radical (unpaired) electrons. The summed E-state index contributed by atoms with van der Waals surface area (Å²) in [5.74, 6) is -0.217. The predicted octanol–water partition coefficient (Wildman–Crippen LogP) is 2.82. The van der Waals surface area contributed by atoms with Crippen LogP contribution in [0.5, 0.6) is 0 Å². The molecule has 1 saturated carbocycles. The van der Waals surface area contributed by atoms with Gasteiger partial charge in [0, 0.05) is 9.13 Å². The molecule has 2 fully saturated rings. The molecule has 4 nitrogen and oxygen atoms in total. The summed E-state index contributed by atoms with van der Waals surface area (Å²) in [6, 6.07) is 7.76. The third-order valence-corrected chi connectivity index (χ3v) is 5.94. The van der Waals surface area contributed by atoms with E-state index in [0.717, 1.165) is 27.0 Å². The van der Waals surface area contributed by atoms with Gasteiger partial charge in [-0.05, 0) is 53.3 Å². The first-order valence-electron chi connectivity index (χ1n) is 7.51. The molecule has 2 amide bonds. The van der Waals surface area contributed by atoms with Crippen molar-refractivity contribution in [1.82, 2.24) is 5.01 Å². The third kappa shape index (κ3) is 2.06. The minimum atomic E-state index is -0.191. The molecule has 1 aromatic rings. The van der Waals surface area contributed by atoms with Gasteiger partial charge < -0.3 is 0 Å². The number of carbonyl (C=O) groups is 2. The van der Waals surface area contributed by atoms with Crippen molar-refractivity contribution in [3.05, 3.63) is 45.6 Å². The summed E-state index contributed by atoms with van der Waals surface area (Å²) < 4.78 is 1.04. The zero-order valence-electron chi connectivity index (χ0n) is 11.9. The van der Waals surface area contributed by atoms with Gasteiger partial charge in [-0.15, -0.1) is 0 Å². The van der Waals surface area contributed by atoms with Gasteiger partial charge in [-0.25, -0.2) is 0 Å². The molecule has 1 aromatic carbocycles. The number of carbonyl (C=O) groups excluding carboxylic acids is 2. The highest BCUT2D eigenvalue weighted by atomic mass is 127. The van der Waals surface area contributed by atoms with Crippen molar-refractivity contribution in [2.45, 2.75) is 12.8 Å². The summed E-state index contributed by atoms with van der Waals surface area (Å²) >= 11 is 2.22. The van der Waals surface area contributed by atoms with Crippen LogP contribution in [-0.2, 0) is 9.59 Å². The maximum absolute atomic E-state index is 12.6. The van der Waals surface area contributed by atoms with Crippen molar-refractivity contribution < 1.29 is 9.59 Å². The van der Waals surface area contributed by atoms with Gasteiger partial charge in [0.05, 0.1) is 18.1 Å². The molecule has 0 N–H and O–H groups in total. The number of rotatable bonds is 2. The maximum atomic E-state index is 12.6. The number of hydrazone groups is 1. The van der Waals surface area contributed by atoms with Crippen LogP contribution in [0.25, 0.3) is 0 Å². The third-order valence-electron chi connectivity index (χ3n) is 4.95. The van der Waals surface area contributed by atoms with E-state index in [1.165, 1.54) is 0 Å². The highest BCUT2D eigenvalue weighted by Crippen LogP contribution is 2.49. The molecule has 2 bridgehead atoms. The summed E-state index contributed by atoms with van der Waals surface area (Å²) in [5, 5.41) is 5.32. The molecule has 0 unspecified atom stereocenters. The van der Waals surface area contributed by atoms with Gasteiger partial charge in [0.15, 0.2) is 0 Å². The van der Waals surface area contributed by atoms with Crippen LogP contribution in [0, 0.1) is 27.2 Å². The number of halogens is 1. The summed E-state index contributed by atoms with van der Waals surface area (Å²) in [4.78, 5) is 25.2. The molecule has 5 heteroatoms. The molecule has 22 heavy (non-hydrogen) atoms. The van der Waals surface area contributed by atoms with E-state index >= 15 is 0 Å². The number of amides is 2. The Morgan fingerprint density at radius 3 is 2.18 bits per heavy atom. The minimum absolute atomic E-state index is 0.128. The van der Waals surface area contributed by atoms with Crippen molar-refractivity contribution in [1.29, 1.82) is 0 Å². The highest BCUT2D eigenvalue weighted by Gasteiger charge is 2.56. The minimum Gasteiger partial charge on any atom is -0.272 e. The monoisotopic (exact) mass is 406 g/mol. The Labute approximate surface area is 142 Å². The van der Waals surface area contributed by atoms with Crippen LogP contribution in [0.4, 0.5) is 0 Å². The molecule has 1 heterocycles. The van der Waals surface area contributed by atoms with Crippen LogP contribution in [0.1, 0.15) is 18.4 Å². The Morgan fingerprint density at radius 2 is 1.64 bits per heavy atom. The first-order chi connectivity index (χ1) is 10.7. The lowest BCUT2D eigenvalue weighted by molar-refractivity contribution is -0.140. The van der Waals surface area contributed by atoms with Crippen molar-refractivity contribution in [2.24, 2.45) is 28.8 Å². The second-order valence-corrected chi connectivity index (χ2v) is 7.26. The van der Waals surface area contributed by atoms with Crippen molar-refractivity contribution in [2.75, 3.05) is 0 Å². The molecular formula is C17H15IN2O2. The molecule has 0 aromatic heterocycles. The molecule has 0 spiro atoms. The zero-order valence-corrected chi connectivity index (χ0v) is 14.0. The van der Waals surface area contributed by atoms with Gasteiger partial charge in [-0.1, -0.05) is 30.4 Å². The number of hydrogen-bond acceptors (Lipinski definition) is 3. The van der Waals surface area contributed by atoms with E-state index < -0.39 is 0 Å². The van der Waals surface area contributed by atoms with Gasteiger partial charge in [-0.3, -0.25) is 9.59 Å².